The van der Waals surface area contributed by atoms with E-state index >= 15 is 0 Å². The van der Waals surface area contributed by atoms with Gasteiger partial charge in [-0.05, 0) is 52.8 Å². The molecule has 1 fully saturated rings. The van der Waals surface area contributed by atoms with E-state index in [1.807, 2.05) is 0 Å². The Morgan fingerprint density at radius 3 is 1.34 bits per heavy atom. The summed E-state index contributed by atoms with van der Waals surface area (Å²) < 4.78 is 0. The molecule has 1 atom stereocenters. The molecule has 0 aromatic heterocycles. The molecule has 3 rings (SSSR count). The summed E-state index contributed by atoms with van der Waals surface area (Å²) in [4.78, 5) is 4.64. The first kappa shape index (κ1) is 21.7. The third-order valence-electron chi connectivity index (χ3n) is 5.88. The van der Waals surface area contributed by atoms with Gasteiger partial charge in [0.1, 0.15) is 0 Å². The van der Waals surface area contributed by atoms with Crippen molar-refractivity contribution >= 4 is 11.4 Å². The summed E-state index contributed by atoms with van der Waals surface area (Å²) in [7, 11) is 0. The molecule has 0 spiro atoms. The van der Waals surface area contributed by atoms with E-state index in [2.05, 4.69) is 101 Å². The van der Waals surface area contributed by atoms with Gasteiger partial charge in [0.2, 0.25) is 6.67 Å². The molecule has 1 unspecified atom stereocenters. The van der Waals surface area contributed by atoms with Crippen LogP contribution in [0, 0.1) is 13.6 Å². The Balaban J connectivity index is 2.03. The van der Waals surface area contributed by atoms with Gasteiger partial charge in [0.05, 0.1) is 0 Å². The van der Waals surface area contributed by atoms with Gasteiger partial charge in [-0.2, -0.15) is 0 Å². The van der Waals surface area contributed by atoms with Crippen molar-refractivity contribution < 1.29 is 0 Å². The van der Waals surface area contributed by atoms with Gasteiger partial charge < -0.3 is 9.80 Å². The fourth-order valence-electron chi connectivity index (χ4n) is 4.32. The highest BCUT2D eigenvalue weighted by atomic mass is 15.4. The third kappa shape index (κ3) is 4.32. The highest BCUT2D eigenvalue weighted by molar-refractivity contribution is 5.70. The lowest BCUT2D eigenvalue weighted by molar-refractivity contribution is 0.818. The molecule has 0 aliphatic carbocycles. The standard InChI is InChI=1S/C27H36N2/c1-18(2)22-11-9-12-23(19(3)4)26(22)28-15-16-29(17-28)27-24(20(5)6)13-10-14-25(27)21(7)8/h1,9-14,18-21H,15-16H2,2-8H3. The molecule has 0 N–H and O–H groups in total. The molecule has 0 saturated carbocycles. The first-order valence-corrected chi connectivity index (χ1v) is 11.0. The van der Waals surface area contributed by atoms with E-state index < -0.39 is 0 Å². The van der Waals surface area contributed by atoms with Gasteiger partial charge in [-0.15, -0.1) is 0 Å². The number of anilines is 2. The molecule has 2 heteroatoms. The summed E-state index contributed by atoms with van der Waals surface area (Å²) in [5.41, 5.74) is 7.92. The SMILES string of the molecule is [CH]C(C)c1cccc(C(C)C)c1N1[C]N(c2c(C(C)C)cccc2C(C)C)CC1. The first-order valence-electron chi connectivity index (χ1n) is 11.0. The quantitative estimate of drug-likeness (QED) is 0.516. The van der Waals surface area contributed by atoms with Crippen molar-refractivity contribution in [2.75, 3.05) is 22.9 Å². The molecule has 2 aromatic carbocycles. The Bertz CT molecular complexity index is 710. The summed E-state index contributed by atoms with van der Waals surface area (Å²) in [6, 6.07) is 13.3. The second-order valence-electron chi connectivity index (χ2n) is 9.23. The summed E-state index contributed by atoms with van der Waals surface area (Å²) in [6.45, 7) is 27.6. The van der Waals surface area contributed by atoms with Gasteiger partial charge in [0.15, 0.2) is 0 Å². The van der Waals surface area contributed by atoms with Crippen LogP contribution in [-0.2, 0) is 0 Å². The van der Waals surface area contributed by atoms with Crippen LogP contribution in [0.2, 0.25) is 0 Å². The minimum absolute atomic E-state index is 0.00581. The fourth-order valence-corrected chi connectivity index (χ4v) is 4.32. The lowest BCUT2D eigenvalue weighted by atomic mass is 9.92. The zero-order valence-corrected chi connectivity index (χ0v) is 19.2. The molecule has 1 aliphatic rings. The van der Waals surface area contributed by atoms with E-state index in [4.69, 9.17) is 6.92 Å². The third-order valence-corrected chi connectivity index (χ3v) is 5.88. The lowest BCUT2D eigenvalue weighted by Crippen LogP contribution is -2.23. The second-order valence-corrected chi connectivity index (χ2v) is 9.23. The Morgan fingerprint density at radius 1 is 0.655 bits per heavy atom. The lowest BCUT2D eigenvalue weighted by Gasteiger charge is -2.29. The number of rotatable bonds is 6. The van der Waals surface area contributed by atoms with Crippen LogP contribution in [0.25, 0.3) is 0 Å². The summed E-state index contributed by atoms with van der Waals surface area (Å²) >= 11 is 0. The molecule has 0 amide bonds. The van der Waals surface area contributed by atoms with Gasteiger partial charge in [-0.3, -0.25) is 0 Å². The van der Waals surface area contributed by atoms with E-state index in [1.54, 1.807) is 0 Å². The van der Waals surface area contributed by atoms with Crippen molar-refractivity contribution in [3.8, 4) is 0 Å². The van der Waals surface area contributed by atoms with Crippen molar-refractivity contribution in [2.24, 2.45) is 0 Å². The van der Waals surface area contributed by atoms with Gasteiger partial charge in [-0.1, -0.05) is 84.9 Å². The fraction of sp³-hybridized carbons (Fsp3) is 0.481. The van der Waals surface area contributed by atoms with Crippen LogP contribution < -0.4 is 9.80 Å². The van der Waals surface area contributed by atoms with Crippen LogP contribution in [0.5, 0.6) is 0 Å². The molecule has 2 nitrogen and oxygen atoms in total. The molecule has 4 radical (unpaired) electrons. The summed E-state index contributed by atoms with van der Waals surface area (Å²) in [5, 5.41) is 0. The Hall–Kier alpha value is -1.96. The van der Waals surface area contributed by atoms with Crippen LogP contribution in [0.1, 0.15) is 94.4 Å². The van der Waals surface area contributed by atoms with Gasteiger partial charge in [0, 0.05) is 24.5 Å². The Morgan fingerprint density at radius 2 is 1.00 bits per heavy atom. The highest BCUT2D eigenvalue weighted by Gasteiger charge is 2.30. The number of hydrogen-bond donors (Lipinski definition) is 0. The Kier molecular flexibility index (Phi) is 6.61. The van der Waals surface area contributed by atoms with Crippen molar-refractivity contribution in [3.63, 3.8) is 0 Å². The maximum atomic E-state index is 6.36. The average molecular weight is 389 g/mol. The number of benzene rings is 2. The van der Waals surface area contributed by atoms with Crippen molar-refractivity contribution in [1.29, 1.82) is 0 Å². The van der Waals surface area contributed by atoms with Crippen LogP contribution in [-0.4, -0.2) is 13.1 Å². The highest BCUT2D eigenvalue weighted by Crippen LogP contribution is 2.41. The van der Waals surface area contributed by atoms with E-state index in [9.17, 15) is 0 Å². The molecule has 29 heavy (non-hydrogen) atoms. The molecule has 154 valence electrons. The van der Waals surface area contributed by atoms with Crippen LogP contribution in [0.15, 0.2) is 36.4 Å². The summed E-state index contributed by atoms with van der Waals surface area (Å²) in [5.74, 6) is 1.38. The largest absolute Gasteiger partial charge is 0.339 e. The van der Waals surface area contributed by atoms with E-state index in [0.717, 1.165) is 13.1 Å². The number of para-hydroxylation sites is 2. The van der Waals surface area contributed by atoms with Gasteiger partial charge in [0.25, 0.3) is 0 Å². The minimum Gasteiger partial charge on any atom is -0.339 e. The predicted octanol–water partition coefficient (Wildman–Crippen LogP) is 7.19. The molecule has 0 bridgehead atoms. The monoisotopic (exact) mass is 388 g/mol. The molecule has 1 saturated heterocycles. The number of nitrogens with zero attached hydrogens (tertiary/aromatic N) is 2. The van der Waals surface area contributed by atoms with Crippen LogP contribution in [0.4, 0.5) is 11.4 Å². The normalized spacial score (nSPS) is 14.9. The minimum atomic E-state index is -0.00581. The molecule has 1 aliphatic heterocycles. The first-order chi connectivity index (χ1) is 13.7. The Labute approximate surface area is 178 Å². The topological polar surface area (TPSA) is 6.48 Å². The summed E-state index contributed by atoms with van der Waals surface area (Å²) in [6.07, 6.45) is 0. The predicted molar refractivity (Wildman–Crippen MR) is 126 cm³/mol. The van der Waals surface area contributed by atoms with Crippen molar-refractivity contribution in [2.45, 2.75) is 72.1 Å². The zero-order chi connectivity index (χ0) is 21.3. The molecule has 1 heterocycles. The van der Waals surface area contributed by atoms with Crippen molar-refractivity contribution in [1.82, 2.24) is 0 Å². The smallest absolute Gasteiger partial charge is 0.208 e. The molecular formula is C27H36N2. The second kappa shape index (κ2) is 8.81. The van der Waals surface area contributed by atoms with Gasteiger partial charge in [-0.25, -0.2) is 0 Å². The molecule has 2 aromatic rings. The maximum Gasteiger partial charge on any atom is 0.208 e. The van der Waals surface area contributed by atoms with Gasteiger partial charge >= 0.3 is 0 Å². The van der Waals surface area contributed by atoms with E-state index in [1.165, 1.54) is 33.6 Å². The van der Waals surface area contributed by atoms with Crippen LogP contribution in [0.3, 0.4) is 0 Å². The van der Waals surface area contributed by atoms with Crippen LogP contribution >= 0.6 is 0 Å². The van der Waals surface area contributed by atoms with E-state index in [-0.39, 0.29) is 5.92 Å². The van der Waals surface area contributed by atoms with E-state index in [0.29, 0.717) is 17.8 Å². The number of hydrogen-bond acceptors (Lipinski definition) is 2. The maximum absolute atomic E-state index is 6.36. The average Bonchev–Trinajstić information content (AvgIpc) is 3.15. The van der Waals surface area contributed by atoms with Crippen molar-refractivity contribution in [3.05, 3.63) is 72.2 Å². The molecular weight excluding hydrogens is 352 g/mol. The zero-order valence-electron chi connectivity index (χ0n) is 19.2.